The summed E-state index contributed by atoms with van der Waals surface area (Å²) in [5, 5.41) is 0. The average Bonchev–Trinajstić information content (AvgIpc) is 2.19. The Balaban J connectivity index is 2.50. The molecule has 1 rings (SSSR count). The lowest BCUT2D eigenvalue weighted by Crippen LogP contribution is -1.87. The van der Waals surface area contributed by atoms with E-state index < -0.39 is 0 Å². The molecule has 43 valence electrons. The van der Waals surface area contributed by atoms with Crippen LogP contribution in [-0.4, -0.2) is 6.61 Å². The van der Waals surface area contributed by atoms with Gasteiger partial charge in [-0.25, -0.2) is 0 Å². The number of ether oxygens (including phenoxy) is 1. The van der Waals surface area contributed by atoms with Gasteiger partial charge >= 0.3 is 0 Å². The fourth-order valence-electron chi connectivity index (χ4n) is 0.448. The molecule has 1 heterocycles. The van der Waals surface area contributed by atoms with Crippen LogP contribution in [0.4, 0.5) is 0 Å². The van der Waals surface area contributed by atoms with Gasteiger partial charge in [-0.15, -0.1) is 0 Å². The highest BCUT2D eigenvalue weighted by Crippen LogP contribution is 2.07. The van der Waals surface area contributed by atoms with Crippen molar-refractivity contribution < 1.29 is 9.15 Å². The SMILES string of the molecule is CCOc1cc[c]o1. The van der Waals surface area contributed by atoms with Gasteiger partial charge in [0, 0.05) is 6.07 Å². The molecule has 0 aliphatic carbocycles. The van der Waals surface area contributed by atoms with Gasteiger partial charge in [0.15, 0.2) is 6.26 Å². The minimum atomic E-state index is 0.535. The van der Waals surface area contributed by atoms with Crippen molar-refractivity contribution in [3.8, 4) is 5.95 Å². The molecule has 0 aromatic carbocycles. The summed E-state index contributed by atoms with van der Waals surface area (Å²) in [5.74, 6) is 0.535. The Morgan fingerprint density at radius 3 is 3.25 bits per heavy atom. The molecule has 0 atom stereocenters. The Labute approximate surface area is 48.1 Å². The van der Waals surface area contributed by atoms with Gasteiger partial charge in [0.25, 0.3) is 5.95 Å². The molecule has 0 bridgehead atoms. The predicted molar refractivity (Wildman–Crippen MR) is 28.7 cm³/mol. The van der Waals surface area contributed by atoms with Gasteiger partial charge in [0.05, 0.1) is 6.61 Å². The lowest BCUT2D eigenvalue weighted by molar-refractivity contribution is 0.256. The number of rotatable bonds is 2. The van der Waals surface area contributed by atoms with E-state index in [1.54, 1.807) is 12.1 Å². The van der Waals surface area contributed by atoms with Gasteiger partial charge in [0.2, 0.25) is 0 Å². The zero-order chi connectivity index (χ0) is 5.82. The van der Waals surface area contributed by atoms with Crippen LogP contribution in [0.25, 0.3) is 0 Å². The topological polar surface area (TPSA) is 22.4 Å². The minimum Gasteiger partial charge on any atom is -0.465 e. The van der Waals surface area contributed by atoms with Crippen LogP contribution in [0.15, 0.2) is 16.5 Å². The molecule has 0 fully saturated rings. The molecule has 8 heavy (non-hydrogen) atoms. The summed E-state index contributed by atoms with van der Waals surface area (Å²) < 4.78 is 9.67. The van der Waals surface area contributed by atoms with Crippen LogP contribution in [0.5, 0.6) is 5.95 Å². The summed E-state index contributed by atoms with van der Waals surface area (Å²) in [7, 11) is 0. The Bertz CT molecular complexity index is 132. The first-order chi connectivity index (χ1) is 3.93. The van der Waals surface area contributed by atoms with E-state index in [1.807, 2.05) is 6.92 Å². The van der Waals surface area contributed by atoms with Crippen molar-refractivity contribution in [3.63, 3.8) is 0 Å². The van der Waals surface area contributed by atoms with Crippen molar-refractivity contribution >= 4 is 0 Å². The van der Waals surface area contributed by atoms with E-state index in [2.05, 4.69) is 6.26 Å². The Kier molecular flexibility index (Phi) is 1.57. The van der Waals surface area contributed by atoms with Crippen LogP contribution >= 0.6 is 0 Å². The van der Waals surface area contributed by atoms with Crippen molar-refractivity contribution in [1.29, 1.82) is 0 Å². The summed E-state index contributed by atoms with van der Waals surface area (Å²) in [4.78, 5) is 0. The zero-order valence-corrected chi connectivity index (χ0v) is 4.68. The number of hydrogen-bond acceptors (Lipinski definition) is 2. The molecule has 2 nitrogen and oxygen atoms in total. The highest BCUT2D eigenvalue weighted by Gasteiger charge is 1.89. The van der Waals surface area contributed by atoms with E-state index in [-0.39, 0.29) is 0 Å². The largest absolute Gasteiger partial charge is 0.465 e. The van der Waals surface area contributed by atoms with E-state index in [4.69, 9.17) is 9.15 Å². The van der Waals surface area contributed by atoms with Crippen molar-refractivity contribution in [2.75, 3.05) is 6.61 Å². The molecule has 0 spiro atoms. The third-order valence-electron chi connectivity index (χ3n) is 0.734. The molecule has 0 saturated heterocycles. The second kappa shape index (κ2) is 2.40. The molecule has 1 radical (unpaired) electrons. The molecule has 0 aliphatic heterocycles. The Morgan fingerprint density at radius 2 is 2.75 bits per heavy atom. The number of hydrogen-bond donors (Lipinski definition) is 0. The summed E-state index contributed by atoms with van der Waals surface area (Å²) in [6.45, 7) is 2.55. The fourth-order valence-corrected chi connectivity index (χ4v) is 0.448. The van der Waals surface area contributed by atoms with Gasteiger partial charge < -0.3 is 9.15 Å². The third kappa shape index (κ3) is 1.03. The van der Waals surface area contributed by atoms with Crippen molar-refractivity contribution in [3.05, 3.63) is 18.4 Å². The van der Waals surface area contributed by atoms with Gasteiger partial charge in [-0.1, -0.05) is 0 Å². The molecule has 0 saturated carbocycles. The Morgan fingerprint density at radius 1 is 1.88 bits per heavy atom. The summed E-state index contributed by atoms with van der Waals surface area (Å²) in [6.07, 6.45) is 2.51. The first-order valence-electron chi connectivity index (χ1n) is 2.52. The van der Waals surface area contributed by atoms with Crippen LogP contribution in [0, 0.1) is 6.26 Å². The molecule has 0 aliphatic rings. The van der Waals surface area contributed by atoms with E-state index >= 15 is 0 Å². The second-order valence-electron chi connectivity index (χ2n) is 1.31. The minimum absolute atomic E-state index is 0.535. The molecule has 0 amide bonds. The molecule has 1 aromatic rings. The monoisotopic (exact) mass is 111 g/mol. The maximum Gasteiger partial charge on any atom is 0.284 e. The standard InChI is InChI=1S/C6H7O2/c1-2-7-6-4-3-5-8-6/h3-4H,2H2,1H3. The van der Waals surface area contributed by atoms with Crippen LogP contribution < -0.4 is 4.74 Å². The third-order valence-corrected chi connectivity index (χ3v) is 0.734. The van der Waals surface area contributed by atoms with Gasteiger partial charge in [-0.3, -0.25) is 0 Å². The Hall–Kier alpha value is -0.920. The maximum absolute atomic E-state index is 4.95. The molecule has 2 heteroatoms. The van der Waals surface area contributed by atoms with Crippen LogP contribution in [0.2, 0.25) is 0 Å². The fraction of sp³-hybridized carbons (Fsp3) is 0.333. The highest BCUT2D eigenvalue weighted by molar-refractivity contribution is 5.02. The van der Waals surface area contributed by atoms with E-state index in [1.165, 1.54) is 0 Å². The molecule has 0 N–H and O–H groups in total. The maximum atomic E-state index is 4.95. The highest BCUT2D eigenvalue weighted by atomic mass is 16.6. The molecule has 0 unspecified atom stereocenters. The van der Waals surface area contributed by atoms with Gasteiger partial charge in [-0.05, 0) is 13.0 Å². The van der Waals surface area contributed by atoms with Crippen molar-refractivity contribution in [1.82, 2.24) is 0 Å². The lowest BCUT2D eigenvalue weighted by atomic mass is 10.6. The second-order valence-corrected chi connectivity index (χ2v) is 1.31. The molecular weight excluding hydrogens is 104 g/mol. The molecular formula is C6H7O2. The lowest BCUT2D eigenvalue weighted by Gasteiger charge is -1.92. The van der Waals surface area contributed by atoms with Crippen molar-refractivity contribution in [2.24, 2.45) is 0 Å². The van der Waals surface area contributed by atoms with Crippen LogP contribution in [-0.2, 0) is 0 Å². The van der Waals surface area contributed by atoms with E-state index in [0.717, 1.165) is 0 Å². The van der Waals surface area contributed by atoms with E-state index in [9.17, 15) is 0 Å². The summed E-state index contributed by atoms with van der Waals surface area (Å²) >= 11 is 0. The average molecular weight is 111 g/mol. The molecule has 1 aromatic heterocycles. The normalized spacial score (nSPS) is 9.12. The number of furan rings is 1. The van der Waals surface area contributed by atoms with Gasteiger partial charge in [-0.2, -0.15) is 0 Å². The van der Waals surface area contributed by atoms with Gasteiger partial charge in [0.1, 0.15) is 0 Å². The quantitative estimate of drug-likeness (QED) is 0.576. The predicted octanol–water partition coefficient (Wildman–Crippen LogP) is 1.48. The van der Waals surface area contributed by atoms with Crippen molar-refractivity contribution in [2.45, 2.75) is 6.92 Å². The van der Waals surface area contributed by atoms with Crippen LogP contribution in [0.1, 0.15) is 6.92 Å². The van der Waals surface area contributed by atoms with Crippen LogP contribution in [0.3, 0.4) is 0 Å². The first kappa shape index (κ1) is 5.22. The summed E-state index contributed by atoms with van der Waals surface area (Å²) in [6, 6.07) is 3.40. The smallest absolute Gasteiger partial charge is 0.284 e. The first-order valence-corrected chi connectivity index (χ1v) is 2.52. The van der Waals surface area contributed by atoms with E-state index in [0.29, 0.717) is 12.6 Å². The summed E-state index contributed by atoms with van der Waals surface area (Å²) in [5.41, 5.74) is 0. The zero-order valence-electron chi connectivity index (χ0n) is 4.68.